The maximum absolute atomic E-state index is 12.8. The molecule has 60 heavy (non-hydrogen) atoms. The van der Waals surface area contributed by atoms with Crippen LogP contribution in [-0.4, -0.2) is 75.5 Å². The van der Waals surface area contributed by atoms with Crippen LogP contribution in [-0.2, 0) is 20.8 Å². The predicted molar refractivity (Wildman–Crippen MR) is 229 cm³/mol. The number of methoxy groups -OCH3 is 1. The molecule has 4 aliphatic rings. The average molecular weight is 862 g/mol. The fourth-order valence-electron chi connectivity index (χ4n) is 7.98. The Balaban J connectivity index is 0.000000205. The number of likely N-dealkylation sites (tertiary alicyclic amines) is 1. The Hall–Kier alpha value is -4.15. The molecule has 0 spiro atoms. The van der Waals surface area contributed by atoms with Crippen molar-refractivity contribution in [3.8, 4) is 5.75 Å². The van der Waals surface area contributed by atoms with E-state index >= 15 is 0 Å². The van der Waals surface area contributed by atoms with Crippen molar-refractivity contribution in [1.29, 1.82) is 0 Å². The molecule has 1 aromatic heterocycles. The second-order valence-electron chi connectivity index (χ2n) is 18.0. The smallest absolute Gasteiger partial charge is 0.379 e. The number of hydrogen-bond donors (Lipinski definition) is 4. The number of hydrogen-bond acceptors (Lipinski definition) is 9. The van der Waals surface area contributed by atoms with E-state index in [0.717, 1.165) is 54.8 Å². The molecule has 4 fully saturated rings. The molecule has 2 heterocycles. The molecule has 6 rings (SSSR count). The lowest BCUT2D eigenvalue weighted by molar-refractivity contribution is -0.141. The summed E-state index contributed by atoms with van der Waals surface area (Å²) in [6, 6.07) is 2.87. The number of aryl methyl sites for hydroxylation is 1. The van der Waals surface area contributed by atoms with Crippen LogP contribution in [0.5, 0.6) is 5.75 Å². The number of halogens is 2. The molecule has 1 saturated heterocycles. The van der Waals surface area contributed by atoms with Crippen LogP contribution in [0.25, 0.3) is 11.0 Å². The molecule has 14 nitrogen and oxygen atoms in total. The number of fused-ring (bicyclic) bond motifs is 1. The second kappa shape index (κ2) is 22.1. The summed E-state index contributed by atoms with van der Waals surface area (Å²) in [4.78, 5) is 78.5. The summed E-state index contributed by atoms with van der Waals surface area (Å²) in [7, 11) is 1.62. The van der Waals surface area contributed by atoms with Gasteiger partial charge >= 0.3 is 6.03 Å². The van der Waals surface area contributed by atoms with Crippen molar-refractivity contribution in [2.75, 3.05) is 13.7 Å². The molecule has 17 heteroatoms. The summed E-state index contributed by atoms with van der Waals surface area (Å²) in [6.45, 7) is 9.68. The summed E-state index contributed by atoms with van der Waals surface area (Å²) >= 11 is 1.39. The highest BCUT2D eigenvalue weighted by molar-refractivity contribution is 7.99. The van der Waals surface area contributed by atoms with E-state index in [1.165, 1.54) is 68.2 Å². The maximum atomic E-state index is 12.8. The highest BCUT2D eigenvalue weighted by Gasteiger charge is 2.50. The van der Waals surface area contributed by atoms with Crippen LogP contribution in [0.2, 0.25) is 0 Å². The van der Waals surface area contributed by atoms with E-state index < -0.39 is 53.6 Å². The Bertz CT molecular complexity index is 1850. The van der Waals surface area contributed by atoms with E-state index in [-0.39, 0.29) is 22.1 Å². The number of nitrogens with two attached hydrogens (primary N) is 1. The monoisotopic (exact) mass is 861 g/mol. The number of aromatic amines is 1. The van der Waals surface area contributed by atoms with Crippen molar-refractivity contribution in [2.45, 2.75) is 154 Å². The number of ether oxygens (including phenoxy) is 1. The number of aromatic nitrogens is 2. The summed E-state index contributed by atoms with van der Waals surface area (Å²) in [6.07, 6.45) is 14.4. The number of benzene rings is 1. The zero-order valence-electron chi connectivity index (χ0n) is 36.0. The minimum atomic E-state index is -2.34. The summed E-state index contributed by atoms with van der Waals surface area (Å²) in [5.74, 6) is -0.608. The molecule has 334 valence electrons. The Morgan fingerprint density at radius 3 is 2.37 bits per heavy atom. The number of alkyl halides is 2. The van der Waals surface area contributed by atoms with Gasteiger partial charge in [0, 0.05) is 34.4 Å². The highest BCUT2D eigenvalue weighted by atomic mass is 32.2. The molecule has 5 amide bonds. The van der Waals surface area contributed by atoms with E-state index in [9.17, 15) is 37.7 Å². The van der Waals surface area contributed by atoms with E-state index in [1.807, 2.05) is 25.1 Å². The van der Waals surface area contributed by atoms with Gasteiger partial charge in [-0.3, -0.25) is 23.9 Å². The lowest BCUT2D eigenvalue weighted by Crippen LogP contribution is -2.57. The minimum absolute atomic E-state index is 0.0157. The first-order chi connectivity index (χ1) is 28.4. The van der Waals surface area contributed by atoms with E-state index in [0.29, 0.717) is 25.1 Å². The van der Waals surface area contributed by atoms with Gasteiger partial charge in [0.2, 0.25) is 24.1 Å². The Labute approximate surface area is 356 Å². The third-order valence-corrected chi connectivity index (χ3v) is 13.4. The van der Waals surface area contributed by atoms with Crippen LogP contribution in [0.3, 0.4) is 0 Å². The van der Waals surface area contributed by atoms with Crippen LogP contribution >= 0.6 is 11.9 Å². The summed E-state index contributed by atoms with van der Waals surface area (Å²) in [5, 5.41) is 4.59. The maximum Gasteiger partial charge on any atom is 0.379 e. The van der Waals surface area contributed by atoms with Gasteiger partial charge in [0.15, 0.2) is 0 Å². The molecular formula is C43H65F2N7O7S. The third kappa shape index (κ3) is 14.2. The lowest BCUT2D eigenvalue weighted by atomic mass is 9.85. The van der Waals surface area contributed by atoms with Crippen LogP contribution < -0.4 is 26.1 Å². The van der Waals surface area contributed by atoms with Crippen molar-refractivity contribution in [2.24, 2.45) is 40.0 Å². The van der Waals surface area contributed by atoms with Crippen LogP contribution in [0.4, 0.5) is 13.6 Å². The Kier molecular flexibility index (Phi) is 17.9. The molecule has 2 aromatic rings. The molecule has 3 aliphatic carbocycles. The topological polar surface area (TPSA) is 206 Å². The number of unbranched alkanes of at least 4 members (excludes halogenated alkanes) is 2. The molecule has 0 bridgehead atoms. The Morgan fingerprint density at radius 2 is 1.80 bits per heavy atom. The Morgan fingerprint density at radius 1 is 1.10 bits per heavy atom. The molecule has 1 aliphatic heterocycles. The number of carbonyl (C=O) groups excluding carboxylic acids is 4. The fraction of sp³-hybridized carbons (Fsp3) is 0.721. The van der Waals surface area contributed by atoms with Crippen LogP contribution in [0, 0.1) is 34.0 Å². The highest BCUT2D eigenvalue weighted by Crippen LogP contribution is 2.48. The van der Waals surface area contributed by atoms with Gasteiger partial charge in [-0.1, -0.05) is 85.5 Å². The molecule has 5 atom stereocenters. The van der Waals surface area contributed by atoms with Crippen molar-refractivity contribution < 1.29 is 32.7 Å². The quantitative estimate of drug-likeness (QED) is 0.0782. The van der Waals surface area contributed by atoms with Crippen molar-refractivity contribution in [3.63, 3.8) is 0 Å². The first-order valence-corrected chi connectivity index (χ1v) is 22.3. The number of nitrogens with zero attached hydrogens (tertiary/aromatic N) is 3. The summed E-state index contributed by atoms with van der Waals surface area (Å²) < 4.78 is 32.3. The van der Waals surface area contributed by atoms with Gasteiger partial charge in [-0.2, -0.15) is 0 Å². The van der Waals surface area contributed by atoms with Gasteiger partial charge in [0.1, 0.15) is 23.5 Å². The second-order valence-corrected chi connectivity index (χ2v) is 19.4. The zero-order valence-corrected chi connectivity index (χ0v) is 36.8. The van der Waals surface area contributed by atoms with Gasteiger partial charge in [-0.25, -0.2) is 18.6 Å². The number of rotatable bonds is 15. The van der Waals surface area contributed by atoms with Crippen LogP contribution in [0.1, 0.15) is 130 Å². The predicted octanol–water partition coefficient (Wildman–Crippen LogP) is 7.81. The van der Waals surface area contributed by atoms with Crippen molar-refractivity contribution in [3.05, 3.63) is 39.2 Å². The molecular weight excluding hydrogens is 797 g/mol. The minimum Gasteiger partial charge on any atom is -0.497 e. The van der Waals surface area contributed by atoms with E-state index in [1.54, 1.807) is 27.9 Å². The van der Waals surface area contributed by atoms with Crippen molar-refractivity contribution in [1.82, 2.24) is 24.9 Å². The van der Waals surface area contributed by atoms with Gasteiger partial charge < -0.3 is 25.7 Å². The first kappa shape index (κ1) is 48.5. The normalized spacial score (nSPS) is 22.4. The largest absolute Gasteiger partial charge is 0.497 e. The SMILES string of the molecule is CC1(SNC(=O)C2CC2C(F)F)CC1.CCC1CCN(C(=O)[C@@H](NC(=O)N=O)C(C)(C)C)C1C(N)=O.COc1ccc2nc(CCCCCC3CCCCC3)c(=O)[nH]c2c1. The number of nitroso groups, excluding NO2 is 1. The molecule has 3 saturated carbocycles. The molecule has 4 unspecified atom stereocenters. The zero-order chi connectivity index (χ0) is 44.2. The number of primary amides is 1. The molecule has 0 radical (unpaired) electrons. The summed E-state index contributed by atoms with van der Waals surface area (Å²) in [5.41, 5.74) is 6.96. The van der Waals surface area contributed by atoms with E-state index in [4.69, 9.17) is 10.5 Å². The van der Waals surface area contributed by atoms with Gasteiger partial charge in [0.05, 0.1) is 18.1 Å². The van der Waals surface area contributed by atoms with Gasteiger partial charge in [0.25, 0.3) is 5.56 Å². The van der Waals surface area contributed by atoms with Crippen molar-refractivity contribution >= 4 is 46.7 Å². The van der Waals surface area contributed by atoms with Crippen LogP contribution in [0.15, 0.2) is 28.2 Å². The average Bonchev–Trinajstić information content (AvgIpc) is 4.14. The number of H-pyrrole nitrogens is 1. The first-order valence-electron chi connectivity index (χ1n) is 21.5. The molecule has 5 N–H and O–H groups in total. The van der Waals surface area contributed by atoms with Gasteiger partial charge in [-0.05, 0) is 86.8 Å². The third-order valence-electron chi connectivity index (χ3n) is 12.2. The number of amides is 5. The van der Waals surface area contributed by atoms with Gasteiger partial charge in [-0.15, -0.1) is 4.91 Å². The number of carbonyl (C=O) groups is 4. The fourth-order valence-corrected chi connectivity index (χ4v) is 8.79. The lowest BCUT2D eigenvalue weighted by Gasteiger charge is -2.35. The molecule has 1 aromatic carbocycles. The number of urea groups is 1. The number of nitrogens with one attached hydrogen (secondary N) is 3. The standard InChI is InChI=1S/C20H28N2O2.C14H24N4O4.C9H13F2NOS/c1-24-16-12-13-17-19(14-16)22-20(23)18(21-17)11-7-3-6-10-15-8-4-2-5-9-15;1-5-8-6-7-18(9(8)11(15)19)12(20)10(14(2,3)4)16-13(21)17-22;1-9(2-3-9)14-12-8(13)6-4-5(6)7(10)11/h12-15H,2-11H2,1H3,(H,22,23);8-10H,5-7H2,1-4H3,(H2,15,19)(H,16,21);5-7H,2-4H2,1H3,(H,12,13)/t;8?,9?,10-;/m.1./s1. The van der Waals surface area contributed by atoms with E-state index in [2.05, 4.69) is 32.1 Å².